The molecule has 0 aromatic heterocycles. The molecule has 0 saturated carbocycles. The number of aliphatic hydroxyl groups excluding tert-OH is 1. The Kier molecular flexibility index (Phi) is 3.58. The molecule has 102 valence electrons. The summed E-state index contributed by atoms with van der Waals surface area (Å²) in [5.74, 6) is -0.346. The maximum atomic E-state index is 12.4. The minimum absolute atomic E-state index is 0.0621. The van der Waals surface area contributed by atoms with E-state index in [0.717, 1.165) is 9.87 Å². The predicted octanol–water partition coefficient (Wildman–Crippen LogP) is 0.832. The molecule has 1 aromatic carbocycles. The molecule has 1 N–H and O–H groups in total. The van der Waals surface area contributed by atoms with Crippen molar-refractivity contribution in [1.29, 1.82) is 0 Å². The second-order valence-corrected chi connectivity index (χ2v) is 6.34. The van der Waals surface area contributed by atoms with Crippen LogP contribution < -0.4 is 0 Å². The Morgan fingerprint density at radius 2 is 1.79 bits per heavy atom. The summed E-state index contributed by atoms with van der Waals surface area (Å²) in [6.45, 7) is 3.31. The Morgan fingerprint density at radius 1 is 1.21 bits per heavy atom. The molecular formula is C13H15NO4S. The topological polar surface area (TPSA) is 74.7 Å². The van der Waals surface area contributed by atoms with Gasteiger partial charge in [-0.05, 0) is 38.1 Å². The molecular weight excluding hydrogens is 266 g/mol. The van der Waals surface area contributed by atoms with Crippen LogP contribution in [0.2, 0.25) is 0 Å². The number of hydrogen-bond acceptors (Lipinski definition) is 4. The van der Waals surface area contributed by atoms with Gasteiger partial charge in [0.25, 0.3) is 0 Å². The zero-order valence-electron chi connectivity index (χ0n) is 10.6. The third-order valence-corrected chi connectivity index (χ3v) is 5.04. The number of hydrogen-bond donors (Lipinski definition) is 1. The second kappa shape index (κ2) is 4.88. The van der Waals surface area contributed by atoms with Gasteiger partial charge in [-0.3, -0.25) is 4.79 Å². The van der Waals surface area contributed by atoms with Crippen molar-refractivity contribution >= 4 is 15.8 Å². The lowest BCUT2D eigenvalue weighted by Crippen LogP contribution is -2.50. The minimum atomic E-state index is -3.90. The zero-order chi connectivity index (χ0) is 14.2. The van der Waals surface area contributed by atoms with Crippen molar-refractivity contribution in [1.82, 2.24) is 4.31 Å². The van der Waals surface area contributed by atoms with Crippen LogP contribution in [0.4, 0.5) is 0 Å². The van der Waals surface area contributed by atoms with Crippen LogP contribution in [0, 0.1) is 6.92 Å². The van der Waals surface area contributed by atoms with Crippen molar-refractivity contribution in [3.63, 3.8) is 0 Å². The fourth-order valence-electron chi connectivity index (χ4n) is 1.94. The van der Waals surface area contributed by atoms with E-state index in [0.29, 0.717) is 0 Å². The van der Waals surface area contributed by atoms with Gasteiger partial charge in [-0.1, -0.05) is 17.7 Å². The Morgan fingerprint density at radius 3 is 2.37 bits per heavy atom. The van der Waals surface area contributed by atoms with Gasteiger partial charge in [0.1, 0.15) is 6.23 Å². The van der Waals surface area contributed by atoms with Crippen molar-refractivity contribution in [3.8, 4) is 0 Å². The monoisotopic (exact) mass is 281 g/mol. The van der Waals surface area contributed by atoms with Crippen LogP contribution in [-0.2, 0) is 14.8 Å². The quantitative estimate of drug-likeness (QED) is 0.871. The average Bonchev–Trinajstić information content (AvgIpc) is 2.34. The number of carbonyl (C=O) groups excluding carboxylic acids is 1. The lowest BCUT2D eigenvalue weighted by molar-refractivity contribution is -0.120. The van der Waals surface area contributed by atoms with Gasteiger partial charge >= 0.3 is 0 Å². The van der Waals surface area contributed by atoms with Crippen LogP contribution in [0.25, 0.3) is 0 Å². The van der Waals surface area contributed by atoms with Gasteiger partial charge in [0.05, 0.1) is 10.9 Å². The number of ketones is 1. The highest BCUT2D eigenvalue weighted by Crippen LogP contribution is 2.24. The van der Waals surface area contributed by atoms with E-state index in [1.54, 1.807) is 12.1 Å². The van der Waals surface area contributed by atoms with Crippen LogP contribution in [0.1, 0.15) is 12.5 Å². The third-order valence-electron chi connectivity index (χ3n) is 3.08. The number of aryl methyl sites for hydroxylation is 1. The fourth-order valence-corrected chi connectivity index (χ4v) is 3.54. The van der Waals surface area contributed by atoms with Crippen molar-refractivity contribution in [2.24, 2.45) is 0 Å². The van der Waals surface area contributed by atoms with Gasteiger partial charge in [0.2, 0.25) is 10.0 Å². The molecule has 0 bridgehead atoms. The van der Waals surface area contributed by atoms with E-state index in [-0.39, 0.29) is 10.7 Å². The number of sulfonamides is 1. The summed E-state index contributed by atoms with van der Waals surface area (Å²) < 4.78 is 25.7. The molecule has 1 heterocycles. The van der Waals surface area contributed by atoms with E-state index in [2.05, 4.69) is 0 Å². The summed E-state index contributed by atoms with van der Waals surface area (Å²) >= 11 is 0. The van der Waals surface area contributed by atoms with Crippen LogP contribution >= 0.6 is 0 Å². The first-order valence-electron chi connectivity index (χ1n) is 5.84. The number of benzene rings is 1. The second-order valence-electron chi connectivity index (χ2n) is 4.50. The summed E-state index contributed by atoms with van der Waals surface area (Å²) in [4.78, 5) is 11.6. The molecule has 5 nitrogen and oxygen atoms in total. The van der Waals surface area contributed by atoms with E-state index in [1.165, 1.54) is 31.2 Å². The highest BCUT2D eigenvalue weighted by molar-refractivity contribution is 7.89. The zero-order valence-corrected chi connectivity index (χ0v) is 11.5. The van der Waals surface area contributed by atoms with Crippen molar-refractivity contribution in [3.05, 3.63) is 42.0 Å². The van der Waals surface area contributed by atoms with Crippen LogP contribution in [0.15, 0.2) is 41.3 Å². The molecule has 0 unspecified atom stereocenters. The summed E-state index contributed by atoms with van der Waals surface area (Å²) in [5, 5.41) is 9.82. The molecule has 19 heavy (non-hydrogen) atoms. The van der Waals surface area contributed by atoms with Gasteiger partial charge in [0.15, 0.2) is 5.78 Å². The Labute approximate surface area is 112 Å². The molecule has 0 saturated heterocycles. The fraction of sp³-hybridized carbons (Fsp3) is 0.308. The molecule has 1 aliphatic heterocycles. The first-order valence-corrected chi connectivity index (χ1v) is 7.28. The van der Waals surface area contributed by atoms with Crippen LogP contribution in [-0.4, -0.2) is 35.9 Å². The maximum absolute atomic E-state index is 12.4. The van der Waals surface area contributed by atoms with Crippen molar-refractivity contribution in [2.75, 3.05) is 0 Å². The highest BCUT2D eigenvalue weighted by Gasteiger charge is 2.38. The Balaban J connectivity index is 2.47. The number of carbonyl (C=O) groups is 1. The lowest BCUT2D eigenvalue weighted by atomic mass is 10.1. The van der Waals surface area contributed by atoms with Crippen LogP contribution in [0.3, 0.4) is 0 Å². The number of rotatable bonds is 2. The molecule has 2 rings (SSSR count). The SMILES string of the molecule is Cc1ccc(S(=O)(=O)N2[C@H](O)C=CC(=O)[C@H]2C)cc1. The van der Waals surface area contributed by atoms with Crippen molar-refractivity contribution < 1.29 is 18.3 Å². The number of aliphatic hydroxyl groups is 1. The van der Waals surface area contributed by atoms with E-state index in [9.17, 15) is 18.3 Å². The van der Waals surface area contributed by atoms with E-state index in [1.807, 2.05) is 6.92 Å². The molecule has 0 fully saturated rings. The van der Waals surface area contributed by atoms with Gasteiger partial charge in [-0.15, -0.1) is 0 Å². The average molecular weight is 281 g/mol. The first kappa shape index (κ1) is 13.9. The molecule has 1 aromatic rings. The molecule has 0 aliphatic carbocycles. The van der Waals surface area contributed by atoms with Gasteiger partial charge in [-0.25, -0.2) is 8.42 Å². The van der Waals surface area contributed by atoms with E-state index in [4.69, 9.17) is 0 Å². The molecule has 6 heteroatoms. The standard InChI is InChI=1S/C13H15NO4S/c1-9-3-5-11(6-4-9)19(17,18)14-10(2)12(15)7-8-13(14)16/h3-8,10,13,16H,1-2H3/t10-,13-/m1/s1. The van der Waals surface area contributed by atoms with Crippen LogP contribution in [0.5, 0.6) is 0 Å². The summed E-state index contributed by atoms with van der Waals surface area (Å²) in [5.41, 5.74) is 0.933. The largest absolute Gasteiger partial charge is 0.374 e. The molecule has 0 radical (unpaired) electrons. The molecule has 0 amide bonds. The van der Waals surface area contributed by atoms with Gasteiger partial charge in [0, 0.05) is 0 Å². The summed E-state index contributed by atoms with van der Waals surface area (Å²) in [7, 11) is -3.90. The van der Waals surface area contributed by atoms with E-state index >= 15 is 0 Å². The van der Waals surface area contributed by atoms with Crippen molar-refractivity contribution in [2.45, 2.75) is 31.0 Å². The molecule has 0 spiro atoms. The maximum Gasteiger partial charge on any atom is 0.246 e. The van der Waals surface area contributed by atoms with E-state index < -0.39 is 22.3 Å². The molecule has 1 aliphatic rings. The lowest BCUT2D eigenvalue weighted by Gasteiger charge is -2.32. The smallest absolute Gasteiger partial charge is 0.246 e. The third kappa shape index (κ3) is 2.47. The summed E-state index contributed by atoms with van der Waals surface area (Å²) in [6.07, 6.45) is 1.06. The molecule has 2 atom stereocenters. The van der Waals surface area contributed by atoms with Gasteiger partial charge < -0.3 is 5.11 Å². The normalized spacial score (nSPS) is 24.7. The first-order chi connectivity index (χ1) is 8.84. The predicted molar refractivity (Wildman–Crippen MR) is 69.8 cm³/mol. The Hall–Kier alpha value is -1.50. The number of nitrogens with zero attached hydrogens (tertiary/aromatic N) is 1. The summed E-state index contributed by atoms with van der Waals surface area (Å²) in [6, 6.07) is 5.36. The Bertz CT molecular complexity index is 619. The highest BCUT2D eigenvalue weighted by atomic mass is 32.2. The van der Waals surface area contributed by atoms with Gasteiger partial charge in [-0.2, -0.15) is 4.31 Å². The minimum Gasteiger partial charge on any atom is -0.374 e.